The fourth-order valence-electron chi connectivity index (χ4n) is 3.70. The van der Waals surface area contributed by atoms with E-state index in [0.29, 0.717) is 0 Å². The molecule has 0 saturated carbocycles. The Morgan fingerprint density at radius 2 is 1.92 bits per heavy atom. The molecule has 0 radical (unpaired) electrons. The van der Waals surface area contributed by atoms with Gasteiger partial charge in [0.2, 0.25) is 0 Å². The maximum atomic E-state index is 4.90. The van der Waals surface area contributed by atoms with Gasteiger partial charge in [0.05, 0.1) is 6.54 Å². The molecule has 0 spiro atoms. The van der Waals surface area contributed by atoms with Crippen molar-refractivity contribution in [2.75, 3.05) is 63.8 Å². The molecule has 0 aliphatic carbocycles. The summed E-state index contributed by atoms with van der Waals surface area (Å²) in [5, 5.41) is 3.47. The van der Waals surface area contributed by atoms with Gasteiger partial charge in [0.25, 0.3) is 0 Å². The molecule has 2 aliphatic heterocycles. The minimum absolute atomic E-state index is 0.886. The lowest BCUT2D eigenvalue weighted by Gasteiger charge is -2.37. The average molecular weight is 359 g/mol. The van der Waals surface area contributed by atoms with E-state index in [0.717, 1.165) is 63.5 Å². The quantitative estimate of drug-likeness (QED) is 0.643. The molecule has 2 saturated heterocycles. The van der Waals surface area contributed by atoms with E-state index in [1.807, 2.05) is 12.3 Å². The zero-order valence-electron chi connectivity index (χ0n) is 16.4. The molecule has 0 unspecified atom stereocenters. The number of hydrogen-bond acceptors (Lipinski definition) is 4. The standard InChI is InChI=1S/C20H34N6/c1-3-21-20(23-10-13-24-11-7-18(2)8-12-24)26-16-14-25(15-17-26)19-6-4-5-9-22-19/h4-6,9,18H,3,7-8,10-17H2,1-2H3,(H,21,23). The van der Waals surface area contributed by atoms with Crippen molar-refractivity contribution in [3.63, 3.8) is 0 Å². The molecule has 0 amide bonds. The van der Waals surface area contributed by atoms with Crippen molar-refractivity contribution in [3.05, 3.63) is 24.4 Å². The van der Waals surface area contributed by atoms with Crippen molar-refractivity contribution in [2.24, 2.45) is 10.9 Å². The number of likely N-dealkylation sites (tertiary alicyclic amines) is 1. The monoisotopic (exact) mass is 358 g/mol. The summed E-state index contributed by atoms with van der Waals surface area (Å²) in [6.45, 7) is 13.8. The first-order valence-electron chi connectivity index (χ1n) is 10.2. The van der Waals surface area contributed by atoms with Gasteiger partial charge in [-0.05, 0) is 50.9 Å². The van der Waals surface area contributed by atoms with Crippen LogP contribution in [-0.4, -0.2) is 79.6 Å². The maximum absolute atomic E-state index is 4.90. The van der Waals surface area contributed by atoms with Crippen molar-refractivity contribution in [3.8, 4) is 0 Å². The highest BCUT2D eigenvalue weighted by molar-refractivity contribution is 5.80. The first-order valence-corrected chi connectivity index (χ1v) is 10.2. The minimum atomic E-state index is 0.886. The molecule has 1 aromatic rings. The molecule has 0 bridgehead atoms. The summed E-state index contributed by atoms with van der Waals surface area (Å²) >= 11 is 0. The summed E-state index contributed by atoms with van der Waals surface area (Å²) in [5.41, 5.74) is 0. The predicted molar refractivity (Wildman–Crippen MR) is 109 cm³/mol. The lowest BCUT2D eigenvalue weighted by atomic mass is 9.99. The molecular formula is C20H34N6. The van der Waals surface area contributed by atoms with Gasteiger partial charge in [-0.15, -0.1) is 0 Å². The van der Waals surface area contributed by atoms with Crippen LogP contribution in [0.25, 0.3) is 0 Å². The zero-order valence-corrected chi connectivity index (χ0v) is 16.4. The molecular weight excluding hydrogens is 324 g/mol. The predicted octanol–water partition coefficient (Wildman–Crippen LogP) is 1.90. The van der Waals surface area contributed by atoms with E-state index in [1.54, 1.807) is 0 Å². The normalized spacial score (nSPS) is 20.5. The van der Waals surface area contributed by atoms with Gasteiger partial charge >= 0.3 is 0 Å². The van der Waals surface area contributed by atoms with Crippen LogP contribution in [0.5, 0.6) is 0 Å². The fourth-order valence-corrected chi connectivity index (χ4v) is 3.70. The summed E-state index contributed by atoms with van der Waals surface area (Å²) in [4.78, 5) is 16.7. The van der Waals surface area contributed by atoms with Gasteiger partial charge in [0, 0.05) is 45.5 Å². The molecule has 1 aromatic heterocycles. The van der Waals surface area contributed by atoms with Gasteiger partial charge in [-0.25, -0.2) is 4.98 Å². The number of aliphatic imine (C=N–C) groups is 1. The van der Waals surface area contributed by atoms with Crippen LogP contribution in [0.15, 0.2) is 29.4 Å². The summed E-state index contributed by atoms with van der Waals surface area (Å²) in [6.07, 6.45) is 4.53. The van der Waals surface area contributed by atoms with Crippen molar-refractivity contribution in [2.45, 2.75) is 26.7 Å². The van der Waals surface area contributed by atoms with Crippen molar-refractivity contribution < 1.29 is 0 Å². The van der Waals surface area contributed by atoms with Gasteiger partial charge in [-0.1, -0.05) is 13.0 Å². The van der Waals surface area contributed by atoms with Crippen LogP contribution in [0.4, 0.5) is 5.82 Å². The van der Waals surface area contributed by atoms with Gasteiger partial charge < -0.3 is 20.0 Å². The zero-order chi connectivity index (χ0) is 18.2. The Bertz CT molecular complexity index is 545. The van der Waals surface area contributed by atoms with E-state index in [2.05, 4.69) is 51.0 Å². The van der Waals surface area contributed by atoms with Gasteiger partial charge in [0.1, 0.15) is 5.82 Å². The van der Waals surface area contributed by atoms with Crippen molar-refractivity contribution in [1.29, 1.82) is 0 Å². The highest BCUT2D eigenvalue weighted by Gasteiger charge is 2.20. The van der Waals surface area contributed by atoms with Crippen molar-refractivity contribution >= 4 is 11.8 Å². The largest absolute Gasteiger partial charge is 0.357 e. The highest BCUT2D eigenvalue weighted by atomic mass is 15.4. The molecule has 26 heavy (non-hydrogen) atoms. The van der Waals surface area contributed by atoms with E-state index in [9.17, 15) is 0 Å². The Kier molecular flexibility index (Phi) is 7.12. The van der Waals surface area contributed by atoms with E-state index in [1.165, 1.54) is 25.9 Å². The number of rotatable bonds is 5. The molecule has 144 valence electrons. The molecule has 2 fully saturated rings. The summed E-state index contributed by atoms with van der Waals surface area (Å²) < 4.78 is 0. The van der Waals surface area contributed by atoms with Crippen LogP contribution >= 0.6 is 0 Å². The third kappa shape index (κ3) is 5.34. The molecule has 2 aliphatic rings. The molecule has 0 atom stereocenters. The Morgan fingerprint density at radius 3 is 2.58 bits per heavy atom. The number of aromatic nitrogens is 1. The number of guanidine groups is 1. The average Bonchev–Trinajstić information content (AvgIpc) is 2.70. The molecule has 6 heteroatoms. The number of nitrogens with one attached hydrogen (secondary N) is 1. The van der Waals surface area contributed by atoms with E-state index in [4.69, 9.17) is 4.99 Å². The number of piperidine rings is 1. The number of anilines is 1. The third-order valence-corrected chi connectivity index (χ3v) is 5.44. The molecule has 1 N–H and O–H groups in total. The van der Waals surface area contributed by atoms with Crippen LogP contribution in [0.2, 0.25) is 0 Å². The number of hydrogen-bond donors (Lipinski definition) is 1. The summed E-state index contributed by atoms with van der Waals surface area (Å²) in [7, 11) is 0. The third-order valence-electron chi connectivity index (χ3n) is 5.44. The second-order valence-corrected chi connectivity index (χ2v) is 7.42. The van der Waals surface area contributed by atoms with E-state index in [-0.39, 0.29) is 0 Å². The van der Waals surface area contributed by atoms with Crippen molar-refractivity contribution in [1.82, 2.24) is 20.1 Å². The summed E-state index contributed by atoms with van der Waals surface area (Å²) in [5.74, 6) is 3.04. The van der Waals surface area contributed by atoms with E-state index < -0.39 is 0 Å². The van der Waals surface area contributed by atoms with Crippen LogP contribution in [0, 0.1) is 5.92 Å². The Balaban J connectivity index is 1.48. The van der Waals surface area contributed by atoms with Crippen LogP contribution in [0.3, 0.4) is 0 Å². The van der Waals surface area contributed by atoms with Gasteiger partial charge in [-0.2, -0.15) is 0 Å². The number of nitrogens with zero attached hydrogens (tertiary/aromatic N) is 5. The highest BCUT2D eigenvalue weighted by Crippen LogP contribution is 2.15. The number of piperazine rings is 1. The smallest absolute Gasteiger partial charge is 0.194 e. The van der Waals surface area contributed by atoms with Gasteiger partial charge in [-0.3, -0.25) is 4.99 Å². The SMILES string of the molecule is CCNC(=NCCN1CCC(C)CC1)N1CCN(c2ccccn2)CC1. The number of pyridine rings is 1. The van der Waals surface area contributed by atoms with E-state index >= 15 is 0 Å². The molecule has 0 aromatic carbocycles. The second kappa shape index (κ2) is 9.76. The Hall–Kier alpha value is -1.82. The Labute approximate surface area is 158 Å². The van der Waals surface area contributed by atoms with Crippen LogP contribution in [-0.2, 0) is 0 Å². The maximum Gasteiger partial charge on any atom is 0.194 e. The minimum Gasteiger partial charge on any atom is -0.357 e. The molecule has 3 rings (SSSR count). The van der Waals surface area contributed by atoms with Gasteiger partial charge in [0.15, 0.2) is 5.96 Å². The summed E-state index contributed by atoms with van der Waals surface area (Å²) in [6, 6.07) is 6.12. The van der Waals surface area contributed by atoms with Crippen LogP contribution < -0.4 is 10.2 Å². The molecule has 6 nitrogen and oxygen atoms in total. The lowest BCUT2D eigenvalue weighted by molar-refractivity contribution is 0.197. The lowest BCUT2D eigenvalue weighted by Crippen LogP contribution is -2.53. The topological polar surface area (TPSA) is 47.0 Å². The first-order chi connectivity index (χ1) is 12.8. The fraction of sp³-hybridized carbons (Fsp3) is 0.700. The second-order valence-electron chi connectivity index (χ2n) is 7.42. The molecule has 3 heterocycles. The first kappa shape index (κ1) is 19.0. The van der Waals surface area contributed by atoms with Crippen LogP contribution in [0.1, 0.15) is 26.7 Å². The Morgan fingerprint density at radius 1 is 1.15 bits per heavy atom.